The lowest BCUT2D eigenvalue weighted by Gasteiger charge is -2.15. The van der Waals surface area contributed by atoms with Gasteiger partial charge in [-0.05, 0) is 17.2 Å². The monoisotopic (exact) mass is 507 g/mol. The molecule has 0 aliphatic carbocycles. The van der Waals surface area contributed by atoms with E-state index >= 15 is 0 Å². The molecule has 1 aromatic carbocycles. The molecule has 0 saturated carbocycles. The van der Waals surface area contributed by atoms with E-state index in [0.717, 1.165) is 6.07 Å². The van der Waals surface area contributed by atoms with Gasteiger partial charge in [0.1, 0.15) is 15.4 Å². The Morgan fingerprint density at radius 1 is 1.26 bits per heavy atom. The summed E-state index contributed by atoms with van der Waals surface area (Å²) >= 11 is 6.56. The number of amides is 2. The van der Waals surface area contributed by atoms with Crippen LogP contribution in [-0.4, -0.2) is 26.6 Å². The van der Waals surface area contributed by atoms with Crippen molar-refractivity contribution in [2.24, 2.45) is 11.7 Å². The lowest BCUT2D eigenvalue weighted by molar-refractivity contribution is -0.140. The number of alkyl halides is 3. The molecule has 7 nitrogen and oxygen atoms in total. The second-order valence-electron chi connectivity index (χ2n) is 7.54. The second kappa shape index (κ2) is 9.07. The first-order valence-corrected chi connectivity index (χ1v) is 11.1. The van der Waals surface area contributed by atoms with Gasteiger partial charge in [-0.2, -0.15) is 18.3 Å². The molecule has 4 aromatic rings. The zero-order valence-electron chi connectivity index (χ0n) is 17.6. The van der Waals surface area contributed by atoms with Gasteiger partial charge in [0.15, 0.2) is 0 Å². The van der Waals surface area contributed by atoms with Crippen molar-refractivity contribution < 1.29 is 22.8 Å². The summed E-state index contributed by atoms with van der Waals surface area (Å²) in [6, 6.07) is 9.23. The van der Waals surface area contributed by atoms with Crippen LogP contribution >= 0.6 is 22.9 Å². The number of nitrogens with two attached hydrogens (primary N) is 1. The van der Waals surface area contributed by atoms with Crippen molar-refractivity contribution >= 4 is 50.7 Å². The van der Waals surface area contributed by atoms with Gasteiger partial charge in [0.2, 0.25) is 5.91 Å². The number of rotatable bonds is 6. The van der Waals surface area contributed by atoms with Crippen LogP contribution in [0.1, 0.15) is 22.3 Å². The fourth-order valence-electron chi connectivity index (χ4n) is 3.43. The highest BCUT2D eigenvalue weighted by Gasteiger charge is 2.35. The highest BCUT2D eigenvalue weighted by Crippen LogP contribution is 2.43. The highest BCUT2D eigenvalue weighted by molar-refractivity contribution is 7.21. The number of hydrogen-bond donors (Lipinski definition) is 2. The minimum absolute atomic E-state index is 0.0305. The summed E-state index contributed by atoms with van der Waals surface area (Å²) in [5.74, 6) is -1.99. The molecule has 3 aromatic heterocycles. The summed E-state index contributed by atoms with van der Waals surface area (Å²) in [6.45, 7) is 1.83. The summed E-state index contributed by atoms with van der Waals surface area (Å²) in [7, 11) is 0. The van der Waals surface area contributed by atoms with Crippen LogP contribution in [0.25, 0.3) is 21.3 Å². The summed E-state index contributed by atoms with van der Waals surface area (Å²) in [6.07, 6.45) is -1.73. The van der Waals surface area contributed by atoms with Crippen LogP contribution in [0, 0.1) is 5.92 Å². The molecular weight excluding hydrogens is 491 g/mol. The Labute approximate surface area is 200 Å². The molecule has 34 heavy (non-hydrogen) atoms. The standard InChI is InChI=1S/C22H17ClF3N5O2S/c1-11(9-31-10-13(23)8-28-31)20(33)30-17-16-14(12-5-3-2-4-6-12)7-15(22(24,25)26)29-21(16)34-18(17)19(27)32/h2-8,10-11H,9H2,1H3,(H2,27,32)(H,30,33). The predicted octanol–water partition coefficient (Wildman–Crippen LogP) is 5.21. The molecule has 0 aliphatic rings. The van der Waals surface area contributed by atoms with Crippen LogP contribution in [0.2, 0.25) is 5.02 Å². The van der Waals surface area contributed by atoms with Gasteiger partial charge in [-0.15, -0.1) is 11.3 Å². The third-order valence-electron chi connectivity index (χ3n) is 5.02. The third-order valence-corrected chi connectivity index (χ3v) is 6.31. The van der Waals surface area contributed by atoms with Crippen LogP contribution in [-0.2, 0) is 17.5 Å². The average Bonchev–Trinajstić information content (AvgIpc) is 3.36. The van der Waals surface area contributed by atoms with E-state index in [2.05, 4.69) is 15.4 Å². The number of anilines is 1. The van der Waals surface area contributed by atoms with Gasteiger partial charge in [0.25, 0.3) is 5.91 Å². The number of aromatic nitrogens is 3. The predicted molar refractivity (Wildman–Crippen MR) is 124 cm³/mol. The molecule has 0 spiro atoms. The maximum atomic E-state index is 13.6. The molecule has 12 heteroatoms. The first kappa shape index (κ1) is 23.7. The normalized spacial score (nSPS) is 12.6. The average molecular weight is 508 g/mol. The lowest BCUT2D eigenvalue weighted by atomic mass is 10.0. The Hall–Kier alpha value is -3.44. The summed E-state index contributed by atoms with van der Waals surface area (Å²) in [4.78, 5) is 28.7. The number of hydrogen-bond acceptors (Lipinski definition) is 5. The van der Waals surface area contributed by atoms with E-state index < -0.39 is 29.6 Å². The topological polar surface area (TPSA) is 103 Å². The Balaban J connectivity index is 1.84. The van der Waals surface area contributed by atoms with Crippen molar-refractivity contribution in [1.29, 1.82) is 0 Å². The number of nitrogens with zero attached hydrogens (tertiary/aromatic N) is 3. The van der Waals surface area contributed by atoms with E-state index in [1.165, 1.54) is 10.9 Å². The first-order chi connectivity index (χ1) is 16.0. The zero-order chi connectivity index (χ0) is 24.6. The van der Waals surface area contributed by atoms with Gasteiger partial charge in [-0.25, -0.2) is 4.98 Å². The van der Waals surface area contributed by atoms with Gasteiger partial charge in [0, 0.05) is 11.6 Å². The van der Waals surface area contributed by atoms with E-state index in [1.54, 1.807) is 43.5 Å². The van der Waals surface area contributed by atoms with Crippen LogP contribution in [0.5, 0.6) is 0 Å². The molecule has 0 fully saturated rings. The molecule has 176 valence electrons. The first-order valence-electron chi connectivity index (χ1n) is 9.93. The van der Waals surface area contributed by atoms with Crippen LogP contribution in [0.4, 0.5) is 18.9 Å². The SMILES string of the molecule is CC(Cn1cc(Cl)cn1)C(=O)Nc1c(C(N)=O)sc2nc(C(F)(F)F)cc(-c3ccccc3)c12. The Morgan fingerprint density at radius 3 is 2.56 bits per heavy atom. The maximum Gasteiger partial charge on any atom is 0.433 e. The number of thiophene rings is 1. The van der Waals surface area contributed by atoms with E-state index in [0.29, 0.717) is 21.9 Å². The fourth-order valence-corrected chi connectivity index (χ4v) is 4.59. The largest absolute Gasteiger partial charge is 0.433 e. The van der Waals surface area contributed by atoms with Gasteiger partial charge < -0.3 is 11.1 Å². The highest BCUT2D eigenvalue weighted by atomic mass is 35.5. The Bertz CT molecular complexity index is 1380. The Morgan fingerprint density at radius 2 is 1.97 bits per heavy atom. The van der Waals surface area contributed by atoms with E-state index in [4.69, 9.17) is 17.3 Å². The van der Waals surface area contributed by atoms with Crippen molar-refractivity contribution in [2.45, 2.75) is 19.6 Å². The van der Waals surface area contributed by atoms with E-state index in [9.17, 15) is 22.8 Å². The van der Waals surface area contributed by atoms with Crippen molar-refractivity contribution in [1.82, 2.24) is 14.8 Å². The molecule has 1 unspecified atom stereocenters. The fraction of sp³-hybridized carbons (Fsp3) is 0.182. The Kier molecular flexibility index (Phi) is 6.32. The molecule has 2 amide bonds. The molecule has 1 atom stereocenters. The number of fused-ring (bicyclic) bond motifs is 1. The van der Waals surface area contributed by atoms with Gasteiger partial charge >= 0.3 is 6.18 Å². The molecule has 3 heterocycles. The quantitative estimate of drug-likeness (QED) is 0.374. The molecule has 0 radical (unpaired) electrons. The van der Waals surface area contributed by atoms with Crippen LogP contribution < -0.4 is 11.1 Å². The smallest absolute Gasteiger partial charge is 0.365 e. The molecule has 0 aliphatic heterocycles. The van der Waals surface area contributed by atoms with Gasteiger partial charge in [-0.3, -0.25) is 14.3 Å². The van der Waals surface area contributed by atoms with E-state index in [-0.39, 0.29) is 32.9 Å². The summed E-state index contributed by atoms with van der Waals surface area (Å²) < 4.78 is 42.2. The number of benzene rings is 1. The van der Waals surface area contributed by atoms with Crippen molar-refractivity contribution in [3.63, 3.8) is 0 Å². The van der Waals surface area contributed by atoms with Gasteiger partial charge in [0.05, 0.1) is 29.4 Å². The van der Waals surface area contributed by atoms with Crippen molar-refractivity contribution in [2.75, 3.05) is 5.32 Å². The van der Waals surface area contributed by atoms with Gasteiger partial charge in [-0.1, -0.05) is 48.9 Å². The molecule has 3 N–H and O–H groups in total. The molecule has 0 bridgehead atoms. The minimum atomic E-state index is -4.71. The molecule has 4 rings (SSSR count). The number of primary amides is 1. The minimum Gasteiger partial charge on any atom is -0.365 e. The van der Waals surface area contributed by atoms with Crippen molar-refractivity contribution in [3.8, 4) is 11.1 Å². The van der Waals surface area contributed by atoms with Crippen molar-refractivity contribution in [3.05, 3.63) is 64.4 Å². The molecule has 0 saturated heterocycles. The number of carbonyl (C=O) groups excluding carboxylic acids is 2. The second-order valence-corrected chi connectivity index (χ2v) is 8.98. The van der Waals surface area contributed by atoms with E-state index in [1.807, 2.05) is 0 Å². The number of nitrogens with one attached hydrogen (secondary N) is 1. The lowest BCUT2D eigenvalue weighted by Crippen LogP contribution is -2.25. The zero-order valence-corrected chi connectivity index (χ0v) is 19.1. The third kappa shape index (κ3) is 4.75. The summed E-state index contributed by atoms with van der Waals surface area (Å²) in [5.41, 5.74) is 5.06. The number of halogens is 4. The number of carbonyl (C=O) groups is 2. The molecular formula is C22H17ClF3N5O2S. The van der Waals surface area contributed by atoms with Crippen LogP contribution in [0.15, 0.2) is 48.8 Å². The van der Waals surface area contributed by atoms with Crippen LogP contribution in [0.3, 0.4) is 0 Å². The number of pyridine rings is 1. The maximum absolute atomic E-state index is 13.6. The summed E-state index contributed by atoms with van der Waals surface area (Å²) in [5, 5.41) is 7.34.